The predicted octanol–water partition coefficient (Wildman–Crippen LogP) is 0.272. The number of likely N-dealkylation sites (tertiary alicyclic amines) is 1. The first-order chi connectivity index (χ1) is 7.65. The van der Waals surface area contributed by atoms with Gasteiger partial charge in [-0.15, -0.1) is 0 Å². The normalized spacial score (nSPS) is 16.6. The number of carbonyl (C=O) groups excluding carboxylic acids is 3. The summed E-state index contributed by atoms with van der Waals surface area (Å²) >= 11 is 0. The molecule has 6 heteroatoms. The van der Waals surface area contributed by atoms with Gasteiger partial charge in [0, 0.05) is 13.0 Å². The van der Waals surface area contributed by atoms with E-state index in [4.69, 9.17) is 0 Å². The molecule has 1 N–H and O–H groups in total. The summed E-state index contributed by atoms with van der Waals surface area (Å²) in [5, 5.41) is 2.35. The number of methoxy groups -OCH3 is 1. The van der Waals surface area contributed by atoms with Crippen LogP contribution < -0.4 is 5.32 Å². The number of nitrogens with zero attached hydrogens (tertiary/aromatic N) is 1. The Morgan fingerprint density at radius 3 is 2.81 bits per heavy atom. The number of esters is 1. The van der Waals surface area contributed by atoms with Crippen molar-refractivity contribution in [2.24, 2.45) is 0 Å². The van der Waals surface area contributed by atoms with Gasteiger partial charge in [0.05, 0.1) is 7.11 Å². The van der Waals surface area contributed by atoms with Crippen molar-refractivity contribution in [3.63, 3.8) is 0 Å². The zero-order chi connectivity index (χ0) is 12.0. The lowest BCUT2D eigenvalue weighted by Gasteiger charge is -2.18. The molecule has 1 fully saturated rings. The van der Waals surface area contributed by atoms with Crippen LogP contribution in [0.1, 0.15) is 25.7 Å². The zero-order valence-electron chi connectivity index (χ0n) is 9.32. The van der Waals surface area contributed by atoms with Crippen LogP contribution >= 0.6 is 0 Å². The molecule has 6 nitrogen and oxygen atoms in total. The molecule has 0 bridgehead atoms. The smallest absolute Gasteiger partial charge is 0.325 e. The third kappa shape index (κ3) is 3.52. The van der Waals surface area contributed by atoms with Crippen molar-refractivity contribution < 1.29 is 19.1 Å². The molecular formula is C10H16N2O4. The molecule has 0 aromatic heterocycles. The number of rotatable bonds is 2. The number of hydrogen-bond donors (Lipinski definition) is 1. The highest BCUT2D eigenvalue weighted by Crippen LogP contribution is 2.10. The van der Waals surface area contributed by atoms with Gasteiger partial charge in [-0.3, -0.25) is 14.5 Å². The molecule has 0 aromatic rings. The van der Waals surface area contributed by atoms with Crippen LogP contribution in [-0.4, -0.2) is 43.0 Å². The van der Waals surface area contributed by atoms with Crippen molar-refractivity contribution in [2.45, 2.75) is 25.7 Å². The summed E-state index contributed by atoms with van der Waals surface area (Å²) in [5.41, 5.74) is 0. The second-order valence-corrected chi connectivity index (χ2v) is 3.59. The quantitative estimate of drug-likeness (QED) is 0.688. The lowest BCUT2D eigenvalue weighted by molar-refractivity contribution is -0.139. The maximum Gasteiger partial charge on any atom is 0.325 e. The molecule has 0 aromatic carbocycles. The summed E-state index contributed by atoms with van der Waals surface area (Å²) in [6.45, 7) is 0.213. The van der Waals surface area contributed by atoms with Gasteiger partial charge in [0.2, 0.25) is 5.91 Å². The van der Waals surface area contributed by atoms with Crippen molar-refractivity contribution in [1.82, 2.24) is 10.2 Å². The summed E-state index contributed by atoms with van der Waals surface area (Å²) in [5.74, 6) is -0.713. The van der Waals surface area contributed by atoms with Gasteiger partial charge in [-0.25, -0.2) is 4.79 Å². The first-order valence-corrected chi connectivity index (χ1v) is 5.30. The van der Waals surface area contributed by atoms with Crippen molar-refractivity contribution in [3.05, 3.63) is 0 Å². The van der Waals surface area contributed by atoms with Gasteiger partial charge in [-0.2, -0.15) is 0 Å². The minimum absolute atomic E-state index is 0.181. The predicted molar refractivity (Wildman–Crippen MR) is 55.6 cm³/mol. The van der Waals surface area contributed by atoms with Crippen LogP contribution in [0.25, 0.3) is 0 Å². The van der Waals surface area contributed by atoms with E-state index >= 15 is 0 Å². The molecule has 0 saturated carbocycles. The van der Waals surface area contributed by atoms with Crippen LogP contribution in [0, 0.1) is 0 Å². The molecule has 90 valence electrons. The van der Waals surface area contributed by atoms with E-state index in [0.717, 1.165) is 24.2 Å². The number of imide groups is 1. The number of nitrogens with one attached hydrogen (secondary N) is 1. The van der Waals surface area contributed by atoms with Crippen LogP contribution in [0.2, 0.25) is 0 Å². The highest BCUT2D eigenvalue weighted by molar-refractivity contribution is 5.95. The SMILES string of the molecule is COC(=O)CNC(=O)N1CCCCCC1=O. The monoisotopic (exact) mass is 228 g/mol. The Hall–Kier alpha value is -1.59. The van der Waals surface area contributed by atoms with Crippen molar-refractivity contribution >= 4 is 17.9 Å². The largest absolute Gasteiger partial charge is 0.468 e. The van der Waals surface area contributed by atoms with E-state index in [0.29, 0.717) is 13.0 Å². The highest BCUT2D eigenvalue weighted by atomic mass is 16.5. The number of urea groups is 1. The zero-order valence-corrected chi connectivity index (χ0v) is 9.32. The average molecular weight is 228 g/mol. The topological polar surface area (TPSA) is 75.7 Å². The van der Waals surface area contributed by atoms with Crippen molar-refractivity contribution in [1.29, 1.82) is 0 Å². The second kappa shape index (κ2) is 6.09. The Kier molecular flexibility index (Phi) is 4.75. The molecule has 0 unspecified atom stereocenters. The first kappa shape index (κ1) is 12.5. The lowest BCUT2D eigenvalue weighted by atomic mass is 10.2. The molecule has 1 aliphatic heterocycles. The molecular weight excluding hydrogens is 212 g/mol. The van der Waals surface area contributed by atoms with Gasteiger partial charge >= 0.3 is 12.0 Å². The van der Waals surface area contributed by atoms with E-state index in [9.17, 15) is 14.4 Å². The Morgan fingerprint density at radius 1 is 1.38 bits per heavy atom. The molecule has 1 heterocycles. The molecule has 1 aliphatic rings. The van der Waals surface area contributed by atoms with E-state index in [1.165, 1.54) is 7.11 Å². The second-order valence-electron chi connectivity index (χ2n) is 3.59. The van der Waals surface area contributed by atoms with Crippen molar-refractivity contribution in [3.8, 4) is 0 Å². The molecule has 1 rings (SSSR count). The lowest BCUT2D eigenvalue weighted by Crippen LogP contribution is -2.45. The third-order valence-electron chi connectivity index (χ3n) is 2.43. The van der Waals surface area contributed by atoms with Crippen LogP contribution in [0.3, 0.4) is 0 Å². The summed E-state index contributed by atoms with van der Waals surface area (Å²) in [6, 6.07) is -0.516. The minimum atomic E-state index is -0.532. The highest BCUT2D eigenvalue weighted by Gasteiger charge is 2.23. The van der Waals surface area contributed by atoms with Gasteiger partial charge in [-0.1, -0.05) is 6.42 Å². The minimum Gasteiger partial charge on any atom is -0.468 e. The van der Waals surface area contributed by atoms with Crippen LogP contribution in [-0.2, 0) is 14.3 Å². The summed E-state index contributed by atoms with van der Waals surface area (Å²) in [7, 11) is 1.24. The molecule has 0 atom stereocenters. The van der Waals surface area contributed by atoms with E-state index in [1.54, 1.807) is 0 Å². The maximum atomic E-state index is 11.6. The van der Waals surface area contributed by atoms with Gasteiger partial charge < -0.3 is 10.1 Å². The Labute approximate surface area is 93.9 Å². The molecule has 0 aliphatic carbocycles. The van der Waals surface area contributed by atoms with Gasteiger partial charge in [0.25, 0.3) is 0 Å². The van der Waals surface area contributed by atoms with Crippen molar-refractivity contribution in [2.75, 3.05) is 20.2 Å². The van der Waals surface area contributed by atoms with Gasteiger partial charge in [0.1, 0.15) is 6.54 Å². The van der Waals surface area contributed by atoms with E-state index in [1.807, 2.05) is 0 Å². The number of amides is 3. The van der Waals surface area contributed by atoms with E-state index < -0.39 is 12.0 Å². The molecule has 16 heavy (non-hydrogen) atoms. The average Bonchev–Trinajstić information content (AvgIpc) is 2.50. The van der Waals surface area contributed by atoms with E-state index in [2.05, 4.69) is 10.1 Å². The fraction of sp³-hybridized carbons (Fsp3) is 0.700. The maximum absolute atomic E-state index is 11.6. The number of carbonyl (C=O) groups is 3. The molecule has 0 spiro atoms. The van der Waals surface area contributed by atoms with Gasteiger partial charge in [0.15, 0.2) is 0 Å². The Morgan fingerprint density at radius 2 is 2.12 bits per heavy atom. The standard InChI is InChI=1S/C10H16N2O4/c1-16-9(14)7-11-10(15)12-6-4-2-3-5-8(12)13/h2-7H2,1H3,(H,11,15). The summed E-state index contributed by atoms with van der Waals surface area (Å²) in [6.07, 6.45) is 2.98. The van der Waals surface area contributed by atoms with E-state index in [-0.39, 0.29) is 12.5 Å². The summed E-state index contributed by atoms with van der Waals surface area (Å²) < 4.78 is 4.38. The molecule has 0 radical (unpaired) electrons. The summed E-state index contributed by atoms with van der Waals surface area (Å²) in [4.78, 5) is 35.1. The number of hydrogen-bond acceptors (Lipinski definition) is 4. The van der Waals surface area contributed by atoms with Crippen LogP contribution in [0.15, 0.2) is 0 Å². The molecule has 3 amide bonds. The van der Waals surface area contributed by atoms with Crippen LogP contribution in [0.5, 0.6) is 0 Å². The number of ether oxygens (including phenoxy) is 1. The van der Waals surface area contributed by atoms with Crippen LogP contribution in [0.4, 0.5) is 4.79 Å². The molecule has 1 saturated heterocycles. The first-order valence-electron chi connectivity index (χ1n) is 5.30. The Balaban J connectivity index is 2.44. The van der Waals surface area contributed by atoms with Gasteiger partial charge in [-0.05, 0) is 12.8 Å². The fourth-order valence-corrected chi connectivity index (χ4v) is 1.51. The third-order valence-corrected chi connectivity index (χ3v) is 2.43. The Bertz CT molecular complexity index is 291. The fourth-order valence-electron chi connectivity index (χ4n) is 1.51.